The number of hydrogen-bond acceptors (Lipinski definition) is 6. The number of aromatic nitrogens is 2. The van der Waals surface area contributed by atoms with Crippen LogP contribution < -0.4 is 5.73 Å². The molecule has 122 valence electrons. The van der Waals surface area contributed by atoms with E-state index in [1.165, 1.54) is 0 Å². The molecular formula is C15H24N4O3. The van der Waals surface area contributed by atoms with Gasteiger partial charge in [0.2, 0.25) is 5.89 Å². The third kappa shape index (κ3) is 3.40. The second kappa shape index (κ2) is 5.53. The van der Waals surface area contributed by atoms with Gasteiger partial charge in [-0.15, -0.1) is 0 Å². The van der Waals surface area contributed by atoms with Crippen molar-refractivity contribution in [1.29, 1.82) is 0 Å². The number of amides is 1. The molecule has 0 aromatic carbocycles. The Hall–Kier alpha value is -1.63. The van der Waals surface area contributed by atoms with Crippen molar-refractivity contribution in [3.05, 3.63) is 11.7 Å². The van der Waals surface area contributed by atoms with Gasteiger partial charge in [-0.3, -0.25) is 0 Å². The maximum absolute atomic E-state index is 12.2. The molecule has 0 unspecified atom stereocenters. The molecule has 0 spiro atoms. The molecule has 0 bridgehead atoms. The fraction of sp³-hybridized carbons (Fsp3) is 0.800. The molecule has 2 heterocycles. The quantitative estimate of drug-likeness (QED) is 0.898. The summed E-state index contributed by atoms with van der Waals surface area (Å²) in [4.78, 5) is 18.4. The molecule has 3 rings (SSSR count). The van der Waals surface area contributed by atoms with E-state index in [2.05, 4.69) is 10.1 Å². The first kappa shape index (κ1) is 15.3. The Morgan fingerprint density at radius 1 is 1.36 bits per heavy atom. The van der Waals surface area contributed by atoms with E-state index in [4.69, 9.17) is 15.0 Å². The van der Waals surface area contributed by atoms with Crippen molar-refractivity contribution in [2.75, 3.05) is 13.1 Å². The van der Waals surface area contributed by atoms with E-state index < -0.39 is 5.60 Å². The number of hydrogen-bond donors (Lipinski definition) is 1. The van der Waals surface area contributed by atoms with Crippen LogP contribution in [0, 0.1) is 0 Å². The topological polar surface area (TPSA) is 94.5 Å². The molecule has 1 saturated heterocycles. The summed E-state index contributed by atoms with van der Waals surface area (Å²) in [6, 6.07) is -0.0776. The molecule has 2 atom stereocenters. The SMILES string of the molecule is CC(C)(C)OC(=O)N1CC[C@@H](N)[C@@H](c2nc(C3CC3)no2)C1. The fourth-order valence-corrected chi connectivity index (χ4v) is 2.63. The van der Waals surface area contributed by atoms with Gasteiger partial charge in [-0.1, -0.05) is 5.16 Å². The van der Waals surface area contributed by atoms with Crippen LogP contribution in [-0.2, 0) is 4.74 Å². The van der Waals surface area contributed by atoms with Crippen molar-refractivity contribution in [2.45, 2.75) is 63.5 Å². The van der Waals surface area contributed by atoms with Crippen LogP contribution in [0.25, 0.3) is 0 Å². The van der Waals surface area contributed by atoms with Gasteiger partial charge < -0.3 is 19.9 Å². The minimum atomic E-state index is -0.504. The van der Waals surface area contributed by atoms with Gasteiger partial charge in [0, 0.05) is 25.0 Å². The zero-order valence-corrected chi connectivity index (χ0v) is 13.4. The first-order valence-corrected chi connectivity index (χ1v) is 7.90. The van der Waals surface area contributed by atoms with Gasteiger partial charge in [-0.2, -0.15) is 4.98 Å². The second-order valence-electron chi connectivity index (χ2n) is 7.25. The average molecular weight is 308 g/mol. The molecule has 2 fully saturated rings. The molecule has 22 heavy (non-hydrogen) atoms. The van der Waals surface area contributed by atoms with E-state index in [-0.39, 0.29) is 18.1 Å². The molecule has 7 nitrogen and oxygen atoms in total. The Kier molecular flexibility index (Phi) is 3.84. The molecule has 0 radical (unpaired) electrons. The number of nitrogens with zero attached hydrogens (tertiary/aromatic N) is 3. The summed E-state index contributed by atoms with van der Waals surface area (Å²) < 4.78 is 10.8. The predicted octanol–water partition coefficient (Wildman–Crippen LogP) is 2.00. The molecule has 1 aliphatic heterocycles. The van der Waals surface area contributed by atoms with E-state index in [1.54, 1.807) is 4.90 Å². The third-order valence-corrected chi connectivity index (χ3v) is 4.04. The molecule has 1 amide bonds. The lowest BCUT2D eigenvalue weighted by molar-refractivity contribution is 0.0175. The summed E-state index contributed by atoms with van der Waals surface area (Å²) in [6.45, 7) is 6.63. The van der Waals surface area contributed by atoms with Crippen LogP contribution in [-0.4, -0.2) is 45.9 Å². The number of carbonyl (C=O) groups is 1. The number of likely N-dealkylation sites (tertiary alicyclic amines) is 1. The number of nitrogens with two attached hydrogens (primary N) is 1. The van der Waals surface area contributed by atoms with Crippen LogP contribution in [0.1, 0.15) is 63.6 Å². The van der Waals surface area contributed by atoms with Crippen LogP contribution in [0.5, 0.6) is 0 Å². The van der Waals surface area contributed by atoms with E-state index in [0.29, 0.717) is 31.3 Å². The summed E-state index contributed by atoms with van der Waals surface area (Å²) in [5, 5.41) is 4.04. The summed E-state index contributed by atoms with van der Waals surface area (Å²) in [6.07, 6.45) is 2.64. The Bertz CT molecular complexity index is 547. The lowest BCUT2D eigenvalue weighted by Crippen LogP contribution is -2.49. The number of ether oxygens (including phenoxy) is 1. The van der Waals surface area contributed by atoms with Crippen molar-refractivity contribution in [2.24, 2.45) is 5.73 Å². The summed E-state index contributed by atoms with van der Waals surface area (Å²) in [7, 11) is 0. The van der Waals surface area contributed by atoms with E-state index >= 15 is 0 Å². The Morgan fingerprint density at radius 2 is 2.09 bits per heavy atom. The number of carbonyl (C=O) groups excluding carboxylic acids is 1. The normalized spacial score (nSPS) is 26.1. The predicted molar refractivity (Wildman–Crippen MR) is 79.4 cm³/mol. The smallest absolute Gasteiger partial charge is 0.410 e. The Balaban J connectivity index is 1.68. The van der Waals surface area contributed by atoms with Crippen LogP contribution in [0.3, 0.4) is 0 Å². The lowest BCUT2D eigenvalue weighted by atomic mass is 9.93. The minimum Gasteiger partial charge on any atom is -0.444 e. The highest BCUT2D eigenvalue weighted by atomic mass is 16.6. The maximum atomic E-state index is 12.2. The highest BCUT2D eigenvalue weighted by Crippen LogP contribution is 2.39. The van der Waals surface area contributed by atoms with Crippen molar-refractivity contribution in [1.82, 2.24) is 15.0 Å². The zero-order valence-electron chi connectivity index (χ0n) is 13.4. The Labute approximate surface area is 130 Å². The van der Waals surface area contributed by atoms with Gasteiger partial charge in [-0.05, 0) is 40.0 Å². The largest absolute Gasteiger partial charge is 0.444 e. The molecule has 2 aliphatic rings. The minimum absolute atomic E-state index is 0.0776. The average Bonchev–Trinajstić information content (AvgIpc) is 3.16. The van der Waals surface area contributed by atoms with Gasteiger partial charge in [-0.25, -0.2) is 4.79 Å². The maximum Gasteiger partial charge on any atom is 0.410 e. The van der Waals surface area contributed by atoms with Gasteiger partial charge in [0.05, 0.1) is 5.92 Å². The van der Waals surface area contributed by atoms with E-state index in [1.807, 2.05) is 20.8 Å². The zero-order chi connectivity index (χ0) is 15.9. The first-order chi connectivity index (χ1) is 10.3. The van der Waals surface area contributed by atoms with E-state index in [0.717, 1.165) is 18.7 Å². The number of piperidine rings is 1. The van der Waals surface area contributed by atoms with Crippen molar-refractivity contribution in [3.63, 3.8) is 0 Å². The molecule has 1 aromatic heterocycles. The molecular weight excluding hydrogens is 284 g/mol. The monoisotopic (exact) mass is 308 g/mol. The fourth-order valence-electron chi connectivity index (χ4n) is 2.63. The van der Waals surface area contributed by atoms with Gasteiger partial charge in [0.15, 0.2) is 5.82 Å². The van der Waals surface area contributed by atoms with Crippen molar-refractivity contribution in [3.8, 4) is 0 Å². The van der Waals surface area contributed by atoms with Crippen molar-refractivity contribution < 1.29 is 14.1 Å². The van der Waals surface area contributed by atoms with Crippen LogP contribution >= 0.6 is 0 Å². The number of rotatable bonds is 2. The van der Waals surface area contributed by atoms with Crippen molar-refractivity contribution >= 4 is 6.09 Å². The standard InChI is InChI=1S/C15H24N4O3/c1-15(2,3)21-14(20)19-7-6-11(16)10(8-19)13-17-12(18-22-13)9-4-5-9/h9-11H,4-8,16H2,1-3H3/t10-,11+/m0/s1. The van der Waals surface area contributed by atoms with Crippen LogP contribution in [0.15, 0.2) is 4.52 Å². The Morgan fingerprint density at radius 3 is 2.73 bits per heavy atom. The van der Waals surface area contributed by atoms with Crippen LogP contribution in [0.2, 0.25) is 0 Å². The lowest BCUT2D eigenvalue weighted by Gasteiger charge is -2.35. The summed E-state index contributed by atoms with van der Waals surface area (Å²) >= 11 is 0. The molecule has 2 N–H and O–H groups in total. The van der Waals surface area contributed by atoms with Gasteiger partial charge >= 0.3 is 6.09 Å². The second-order valence-corrected chi connectivity index (χ2v) is 7.25. The third-order valence-electron chi connectivity index (χ3n) is 4.04. The summed E-state index contributed by atoms with van der Waals surface area (Å²) in [5.74, 6) is 1.64. The molecule has 7 heteroatoms. The molecule has 1 saturated carbocycles. The molecule has 1 aliphatic carbocycles. The first-order valence-electron chi connectivity index (χ1n) is 7.90. The molecule has 1 aromatic rings. The van der Waals surface area contributed by atoms with E-state index in [9.17, 15) is 4.79 Å². The highest BCUT2D eigenvalue weighted by Gasteiger charge is 2.37. The van der Waals surface area contributed by atoms with Gasteiger partial charge in [0.25, 0.3) is 0 Å². The summed E-state index contributed by atoms with van der Waals surface area (Å²) in [5.41, 5.74) is 5.69. The van der Waals surface area contributed by atoms with Gasteiger partial charge in [0.1, 0.15) is 5.60 Å². The highest BCUT2D eigenvalue weighted by molar-refractivity contribution is 5.68. The van der Waals surface area contributed by atoms with Crippen LogP contribution in [0.4, 0.5) is 4.79 Å².